The maximum Gasteiger partial charge on any atom is 0.321 e. The molecule has 2 N–H and O–H groups in total. The molecule has 22 heavy (non-hydrogen) atoms. The third-order valence-corrected chi connectivity index (χ3v) is 3.63. The Hall–Kier alpha value is -2.20. The molecular formula is C17H19ClN2O2. The van der Waals surface area contributed by atoms with Crippen LogP contribution in [0.15, 0.2) is 36.4 Å². The Balaban J connectivity index is 1.85. The number of hydrogen-bond donors (Lipinski definition) is 2. The van der Waals surface area contributed by atoms with Crippen LogP contribution in [0.5, 0.6) is 5.75 Å². The van der Waals surface area contributed by atoms with E-state index in [1.807, 2.05) is 45.0 Å². The highest BCUT2D eigenvalue weighted by Gasteiger charge is 2.05. The molecule has 2 rings (SSSR count). The lowest BCUT2D eigenvalue weighted by molar-refractivity contribution is 0.234. The molecule has 0 aliphatic rings. The van der Waals surface area contributed by atoms with Crippen LogP contribution in [0.3, 0.4) is 0 Å². The first-order chi connectivity index (χ1) is 10.5. The van der Waals surface area contributed by atoms with Gasteiger partial charge in [-0.3, -0.25) is 0 Å². The minimum absolute atomic E-state index is 0.0912. The van der Waals surface area contributed by atoms with Crippen molar-refractivity contribution in [2.24, 2.45) is 0 Å². The lowest BCUT2D eigenvalue weighted by atomic mass is 10.1. The van der Waals surface area contributed by atoms with Crippen LogP contribution in [0.25, 0.3) is 0 Å². The molecule has 0 unspecified atom stereocenters. The van der Waals surface area contributed by atoms with Gasteiger partial charge in [-0.05, 0) is 61.7 Å². The number of ether oxygens (including phenoxy) is 1. The summed E-state index contributed by atoms with van der Waals surface area (Å²) in [6, 6.07) is 10.8. The van der Waals surface area contributed by atoms with Gasteiger partial charge in [-0.15, -0.1) is 0 Å². The van der Waals surface area contributed by atoms with Gasteiger partial charge in [0.1, 0.15) is 5.75 Å². The van der Waals surface area contributed by atoms with Crippen molar-refractivity contribution in [3.05, 3.63) is 58.1 Å². The highest BCUT2D eigenvalue weighted by Crippen LogP contribution is 2.20. The Bertz CT molecular complexity index is 686. The second-order valence-corrected chi connectivity index (χ2v) is 5.56. The average molecular weight is 319 g/mol. The summed E-state index contributed by atoms with van der Waals surface area (Å²) < 4.78 is 5.51. The normalized spacial score (nSPS) is 10.2. The first-order valence-corrected chi connectivity index (χ1v) is 7.34. The Morgan fingerprint density at radius 2 is 1.77 bits per heavy atom. The molecule has 2 aromatic carbocycles. The molecule has 0 fully saturated rings. The monoisotopic (exact) mass is 318 g/mol. The third-order valence-electron chi connectivity index (χ3n) is 3.40. The van der Waals surface area contributed by atoms with Gasteiger partial charge in [0.05, 0.1) is 0 Å². The number of carbonyl (C=O) groups excluding carboxylic acids is 1. The van der Waals surface area contributed by atoms with Crippen LogP contribution in [-0.2, 0) is 0 Å². The van der Waals surface area contributed by atoms with Gasteiger partial charge in [-0.1, -0.05) is 23.7 Å². The van der Waals surface area contributed by atoms with Gasteiger partial charge < -0.3 is 15.4 Å². The summed E-state index contributed by atoms with van der Waals surface area (Å²) in [5.74, 6) is 0.724. The number of amides is 2. The number of rotatable bonds is 4. The van der Waals surface area contributed by atoms with Crippen LogP contribution in [0.4, 0.5) is 10.5 Å². The lowest BCUT2D eigenvalue weighted by Crippen LogP contribution is -2.32. The summed E-state index contributed by atoms with van der Waals surface area (Å²) in [5.41, 5.74) is 3.97. The number of aryl methyl sites for hydroxylation is 3. The van der Waals surface area contributed by atoms with Crippen molar-refractivity contribution in [1.82, 2.24) is 5.32 Å². The minimum atomic E-state index is -0.339. The topological polar surface area (TPSA) is 50.4 Å². The molecule has 2 aromatic rings. The van der Waals surface area contributed by atoms with E-state index in [4.69, 9.17) is 16.3 Å². The number of urea groups is 1. The van der Waals surface area contributed by atoms with E-state index in [0.717, 1.165) is 16.9 Å². The second-order valence-electron chi connectivity index (χ2n) is 5.12. The fourth-order valence-electron chi connectivity index (χ4n) is 1.88. The van der Waals surface area contributed by atoms with E-state index in [-0.39, 0.29) is 12.8 Å². The largest absolute Gasteiger partial charge is 0.473 e. The van der Waals surface area contributed by atoms with Gasteiger partial charge in [0.2, 0.25) is 0 Å². The van der Waals surface area contributed by atoms with E-state index in [2.05, 4.69) is 10.6 Å². The van der Waals surface area contributed by atoms with Crippen LogP contribution < -0.4 is 15.4 Å². The van der Waals surface area contributed by atoms with Gasteiger partial charge in [0.25, 0.3) is 0 Å². The molecule has 2 amide bonds. The summed E-state index contributed by atoms with van der Waals surface area (Å²) in [5, 5.41) is 5.96. The van der Waals surface area contributed by atoms with E-state index >= 15 is 0 Å². The number of halogens is 1. The first-order valence-electron chi connectivity index (χ1n) is 6.97. The summed E-state index contributed by atoms with van der Waals surface area (Å²) in [4.78, 5) is 11.8. The van der Waals surface area contributed by atoms with Gasteiger partial charge in [0, 0.05) is 10.7 Å². The molecule has 4 nitrogen and oxygen atoms in total. The number of hydrogen-bond acceptors (Lipinski definition) is 2. The molecule has 0 saturated heterocycles. The van der Waals surface area contributed by atoms with Crippen LogP contribution in [-0.4, -0.2) is 12.8 Å². The van der Waals surface area contributed by atoms with Crippen molar-refractivity contribution in [3.8, 4) is 5.75 Å². The zero-order chi connectivity index (χ0) is 16.1. The molecule has 116 valence electrons. The fourth-order valence-corrected chi connectivity index (χ4v) is 2.06. The maximum absolute atomic E-state index is 11.8. The summed E-state index contributed by atoms with van der Waals surface area (Å²) in [6.07, 6.45) is 0. The van der Waals surface area contributed by atoms with Gasteiger partial charge in [-0.25, -0.2) is 4.79 Å². The average Bonchev–Trinajstić information content (AvgIpc) is 2.47. The Labute approximate surface area is 135 Å². The summed E-state index contributed by atoms with van der Waals surface area (Å²) in [6.45, 7) is 6.05. The fraction of sp³-hybridized carbons (Fsp3) is 0.235. The predicted molar refractivity (Wildman–Crippen MR) is 89.8 cm³/mol. The summed E-state index contributed by atoms with van der Waals surface area (Å²) >= 11 is 5.92. The van der Waals surface area contributed by atoms with Gasteiger partial charge >= 0.3 is 6.03 Å². The van der Waals surface area contributed by atoms with E-state index in [1.165, 1.54) is 5.56 Å². The molecule has 0 aromatic heterocycles. The quantitative estimate of drug-likeness (QED) is 0.820. The predicted octanol–water partition coefficient (Wildman–Crippen LogP) is 4.42. The molecule has 0 saturated carbocycles. The third kappa shape index (κ3) is 4.40. The van der Waals surface area contributed by atoms with Crippen LogP contribution in [0.2, 0.25) is 5.02 Å². The number of anilines is 1. The standard InChI is InChI=1S/C17H19ClN2O2/c1-11-5-7-15(8-13(11)3)22-10-19-17(21)20-16-9-14(18)6-4-12(16)2/h4-9H,10H2,1-3H3,(H2,19,20,21). The Morgan fingerprint density at radius 1 is 1.05 bits per heavy atom. The number of benzene rings is 2. The minimum Gasteiger partial charge on any atom is -0.473 e. The van der Waals surface area contributed by atoms with Crippen molar-refractivity contribution in [2.45, 2.75) is 20.8 Å². The highest BCUT2D eigenvalue weighted by molar-refractivity contribution is 6.31. The van der Waals surface area contributed by atoms with Gasteiger partial charge in [0.15, 0.2) is 6.73 Å². The van der Waals surface area contributed by atoms with E-state index in [0.29, 0.717) is 10.7 Å². The molecule has 0 radical (unpaired) electrons. The maximum atomic E-state index is 11.8. The smallest absolute Gasteiger partial charge is 0.321 e. The molecule has 0 aliphatic heterocycles. The van der Waals surface area contributed by atoms with Crippen LogP contribution >= 0.6 is 11.6 Å². The van der Waals surface area contributed by atoms with E-state index in [9.17, 15) is 4.79 Å². The van der Waals surface area contributed by atoms with Crippen molar-refractivity contribution in [1.29, 1.82) is 0 Å². The zero-order valence-electron chi connectivity index (χ0n) is 12.9. The number of carbonyl (C=O) groups is 1. The SMILES string of the molecule is Cc1ccc(OCNC(=O)Nc2cc(Cl)ccc2C)cc1C. The second kappa shape index (κ2) is 7.18. The Morgan fingerprint density at radius 3 is 2.50 bits per heavy atom. The van der Waals surface area contributed by atoms with Gasteiger partial charge in [-0.2, -0.15) is 0 Å². The first kappa shape index (κ1) is 16.2. The zero-order valence-corrected chi connectivity index (χ0v) is 13.6. The van der Waals surface area contributed by atoms with E-state index in [1.54, 1.807) is 12.1 Å². The van der Waals surface area contributed by atoms with Crippen molar-refractivity contribution < 1.29 is 9.53 Å². The van der Waals surface area contributed by atoms with Crippen molar-refractivity contribution >= 4 is 23.3 Å². The molecule has 0 spiro atoms. The van der Waals surface area contributed by atoms with Crippen molar-refractivity contribution in [3.63, 3.8) is 0 Å². The molecule has 0 heterocycles. The Kier molecular flexibility index (Phi) is 5.28. The number of nitrogens with one attached hydrogen (secondary N) is 2. The van der Waals surface area contributed by atoms with Crippen LogP contribution in [0.1, 0.15) is 16.7 Å². The molecule has 0 atom stereocenters. The highest BCUT2D eigenvalue weighted by atomic mass is 35.5. The van der Waals surface area contributed by atoms with Crippen LogP contribution in [0, 0.1) is 20.8 Å². The van der Waals surface area contributed by atoms with Crippen molar-refractivity contribution in [2.75, 3.05) is 12.0 Å². The molecule has 0 aliphatic carbocycles. The molecule has 0 bridgehead atoms. The summed E-state index contributed by atoms with van der Waals surface area (Å²) in [7, 11) is 0. The molecule has 5 heteroatoms. The lowest BCUT2D eigenvalue weighted by Gasteiger charge is -2.12. The molecular weight excluding hydrogens is 300 g/mol. The van der Waals surface area contributed by atoms with E-state index < -0.39 is 0 Å².